The van der Waals surface area contributed by atoms with Gasteiger partial charge in [-0.25, -0.2) is 9.59 Å². The van der Waals surface area contributed by atoms with Gasteiger partial charge in [0, 0.05) is 30.7 Å². The molecule has 3 aromatic heterocycles. The Labute approximate surface area is 177 Å². The van der Waals surface area contributed by atoms with Crippen LogP contribution in [0.25, 0.3) is 22.6 Å². The third-order valence-corrected chi connectivity index (χ3v) is 5.47. The lowest BCUT2D eigenvalue weighted by Crippen LogP contribution is -2.39. The molecule has 160 valence electrons. The summed E-state index contributed by atoms with van der Waals surface area (Å²) in [7, 11) is 1.59. The van der Waals surface area contributed by atoms with Gasteiger partial charge in [-0.3, -0.25) is 22.9 Å². The van der Waals surface area contributed by atoms with Crippen LogP contribution in [0.2, 0.25) is 0 Å². The van der Waals surface area contributed by atoms with Crippen molar-refractivity contribution in [2.75, 3.05) is 6.61 Å². The summed E-state index contributed by atoms with van der Waals surface area (Å²) in [5, 5.41) is 0. The van der Waals surface area contributed by atoms with Crippen molar-refractivity contribution in [3.05, 3.63) is 74.7 Å². The number of esters is 1. The molecule has 0 spiro atoms. The number of nitrogens with zero attached hydrogens (tertiary/aromatic N) is 5. The second kappa shape index (κ2) is 7.42. The highest BCUT2D eigenvalue weighted by atomic mass is 16.5. The highest BCUT2D eigenvalue weighted by molar-refractivity contribution is 5.89. The standard InChI is InChI=1S/C22H23N5O4/c1-6-12-25-19(28)17-18(24(5)22(25)30)23-21-26(13(3)14(4)27(17)21)16-10-8-15(9-11-16)20(29)31-7-2/h6,8-11H,1,7,12H2,2-5H3. The van der Waals surface area contributed by atoms with Gasteiger partial charge in [0.1, 0.15) is 0 Å². The van der Waals surface area contributed by atoms with Crippen LogP contribution < -0.4 is 11.2 Å². The van der Waals surface area contributed by atoms with Crippen molar-refractivity contribution in [2.45, 2.75) is 27.3 Å². The maximum Gasteiger partial charge on any atom is 0.338 e. The Morgan fingerprint density at radius 1 is 1.16 bits per heavy atom. The largest absolute Gasteiger partial charge is 0.462 e. The topological polar surface area (TPSA) is 92.5 Å². The van der Waals surface area contributed by atoms with Crippen LogP contribution >= 0.6 is 0 Å². The molecule has 9 nitrogen and oxygen atoms in total. The number of carbonyl (C=O) groups excluding carboxylic acids is 1. The predicted molar refractivity (Wildman–Crippen MR) is 117 cm³/mol. The van der Waals surface area contributed by atoms with Gasteiger partial charge in [0.2, 0.25) is 5.78 Å². The normalized spacial score (nSPS) is 11.4. The van der Waals surface area contributed by atoms with E-state index in [4.69, 9.17) is 4.74 Å². The Morgan fingerprint density at radius 3 is 2.45 bits per heavy atom. The zero-order chi connectivity index (χ0) is 22.4. The Morgan fingerprint density at radius 2 is 1.84 bits per heavy atom. The Bertz CT molecular complexity index is 1460. The zero-order valence-electron chi connectivity index (χ0n) is 17.9. The number of imidazole rings is 2. The molecule has 0 saturated carbocycles. The van der Waals surface area contributed by atoms with Crippen molar-refractivity contribution in [3.8, 4) is 5.69 Å². The minimum absolute atomic E-state index is 0.114. The molecule has 0 fully saturated rings. The van der Waals surface area contributed by atoms with Crippen LogP contribution in [0, 0.1) is 13.8 Å². The Kier molecular flexibility index (Phi) is 4.88. The number of hydrogen-bond acceptors (Lipinski definition) is 5. The second-order valence-electron chi connectivity index (χ2n) is 7.24. The van der Waals surface area contributed by atoms with E-state index in [0.29, 0.717) is 29.1 Å². The molecule has 9 heteroatoms. The molecule has 4 rings (SSSR count). The monoisotopic (exact) mass is 421 g/mol. The van der Waals surface area contributed by atoms with Gasteiger partial charge in [0.15, 0.2) is 11.2 Å². The molecule has 0 aliphatic rings. The summed E-state index contributed by atoms with van der Waals surface area (Å²) in [6, 6.07) is 6.97. The zero-order valence-corrected chi connectivity index (χ0v) is 17.9. The van der Waals surface area contributed by atoms with Crippen molar-refractivity contribution in [1.29, 1.82) is 0 Å². The molecular weight excluding hydrogens is 398 g/mol. The van der Waals surface area contributed by atoms with Crippen LogP contribution in [-0.4, -0.2) is 35.7 Å². The summed E-state index contributed by atoms with van der Waals surface area (Å²) in [5.74, 6) is 0.126. The maximum atomic E-state index is 13.1. The molecule has 0 N–H and O–H groups in total. The molecule has 0 bridgehead atoms. The molecule has 0 radical (unpaired) electrons. The number of benzene rings is 1. The van der Waals surface area contributed by atoms with Crippen LogP contribution in [0.5, 0.6) is 0 Å². The summed E-state index contributed by atoms with van der Waals surface area (Å²) < 4.78 is 11.2. The summed E-state index contributed by atoms with van der Waals surface area (Å²) >= 11 is 0. The quantitative estimate of drug-likeness (QED) is 0.364. The third kappa shape index (κ3) is 2.92. The first-order chi connectivity index (χ1) is 14.8. The third-order valence-electron chi connectivity index (χ3n) is 5.47. The Balaban J connectivity index is 2.01. The van der Waals surface area contributed by atoms with Crippen LogP contribution in [0.4, 0.5) is 0 Å². The number of aryl methyl sites for hydroxylation is 2. The number of fused-ring (bicyclic) bond motifs is 3. The SMILES string of the molecule is C=CCn1c(=O)c2c(nc3n(-c4ccc(C(=O)OCC)cc4)c(C)c(C)n23)n(C)c1=O. The van der Waals surface area contributed by atoms with Gasteiger partial charge in [-0.1, -0.05) is 6.08 Å². The predicted octanol–water partition coefficient (Wildman–Crippen LogP) is 2.12. The lowest BCUT2D eigenvalue weighted by Gasteiger charge is -2.08. The molecule has 0 aliphatic carbocycles. The van der Waals surface area contributed by atoms with Crippen molar-refractivity contribution < 1.29 is 9.53 Å². The average Bonchev–Trinajstić information content (AvgIpc) is 3.25. The van der Waals surface area contributed by atoms with E-state index >= 15 is 0 Å². The van der Waals surface area contributed by atoms with E-state index in [1.54, 1.807) is 42.6 Å². The van der Waals surface area contributed by atoms with E-state index in [1.807, 2.05) is 18.4 Å². The van der Waals surface area contributed by atoms with Crippen LogP contribution in [0.15, 0.2) is 46.5 Å². The average molecular weight is 421 g/mol. The van der Waals surface area contributed by atoms with E-state index in [2.05, 4.69) is 11.6 Å². The van der Waals surface area contributed by atoms with Crippen LogP contribution in [0.1, 0.15) is 28.7 Å². The lowest BCUT2D eigenvalue weighted by molar-refractivity contribution is 0.0526. The van der Waals surface area contributed by atoms with Crippen LogP contribution in [0.3, 0.4) is 0 Å². The highest BCUT2D eigenvalue weighted by Gasteiger charge is 2.23. The van der Waals surface area contributed by atoms with Crippen LogP contribution in [-0.2, 0) is 18.3 Å². The van der Waals surface area contributed by atoms with Crippen molar-refractivity contribution in [1.82, 2.24) is 23.1 Å². The van der Waals surface area contributed by atoms with E-state index in [1.165, 1.54) is 10.6 Å². The van der Waals surface area contributed by atoms with Gasteiger partial charge in [-0.2, -0.15) is 4.98 Å². The molecular formula is C22H23N5O4. The molecule has 0 aliphatic heterocycles. The second-order valence-corrected chi connectivity index (χ2v) is 7.24. The number of rotatable bonds is 5. The van der Waals surface area contributed by atoms with E-state index in [9.17, 15) is 14.4 Å². The summed E-state index contributed by atoms with van der Waals surface area (Å²) in [4.78, 5) is 42.4. The minimum atomic E-state index is -0.446. The fraction of sp³-hybridized carbons (Fsp3) is 0.273. The molecule has 3 heterocycles. The summed E-state index contributed by atoms with van der Waals surface area (Å²) in [6.07, 6.45) is 1.52. The van der Waals surface area contributed by atoms with Gasteiger partial charge < -0.3 is 4.74 Å². The first-order valence-electron chi connectivity index (χ1n) is 9.90. The highest BCUT2D eigenvalue weighted by Crippen LogP contribution is 2.24. The number of hydrogen-bond donors (Lipinski definition) is 0. The fourth-order valence-electron chi connectivity index (χ4n) is 3.81. The molecule has 1 aromatic carbocycles. The van der Waals surface area contributed by atoms with Gasteiger partial charge in [-0.05, 0) is 45.0 Å². The smallest absolute Gasteiger partial charge is 0.338 e. The number of allylic oxidation sites excluding steroid dienone is 1. The fourth-order valence-corrected chi connectivity index (χ4v) is 3.81. The number of aromatic nitrogens is 5. The first kappa shape index (κ1) is 20.4. The van der Waals surface area contributed by atoms with E-state index in [-0.39, 0.29) is 12.5 Å². The summed E-state index contributed by atoms with van der Waals surface area (Å²) in [6.45, 7) is 9.64. The summed E-state index contributed by atoms with van der Waals surface area (Å²) in [5.41, 5.74) is 2.72. The van der Waals surface area contributed by atoms with E-state index < -0.39 is 11.2 Å². The van der Waals surface area contributed by atoms with Gasteiger partial charge in [-0.15, -0.1) is 6.58 Å². The van der Waals surface area contributed by atoms with Gasteiger partial charge in [0.25, 0.3) is 5.56 Å². The molecule has 0 saturated heterocycles. The van der Waals surface area contributed by atoms with Gasteiger partial charge in [0.05, 0.1) is 12.2 Å². The van der Waals surface area contributed by atoms with Crippen molar-refractivity contribution in [2.24, 2.45) is 7.05 Å². The van der Waals surface area contributed by atoms with Crippen molar-refractivity contribution in [3.63, 3.8) is 0 Å². The molecule has 0 atom stereocenters. The molecule has 0 unspecified atom stereocenters. The lowest BCUT2D eigenvalue weighted by atomic mass is 10.2. The minimum Gasteiger partial charge on any atom is -0.462 e. The molecule has 0 amide bonds. The number of carbonyl (C=O) groups is 1. The molecule has 4 aromatic rings. The maximum absolute atomic E-state index is 13.1. The number of ether oxygens (including phenoxy) is 1. The molecule has 31 heavy (non-hydrogen) atoms. The Hall–Kier alpha value is -3.88. The first-order valence-corrected chi connectivity index (χ1v) is 9.90. The van der Waals surface area contributed by atoms with Gasteiger partial charge >= 0.3 is 11.7 Å². The van der Waals surface area contributed by atoms with Crippen molar-refractivity contribution >= 4 is 22.9 Å². The van der Waals surface area contributed by atoms with E-state index in [0.717, 1.165) is 21.6 Å².